The van der Waals surface area contributed by atoms with E-state index in [-0.39, 0.29) is 11.3 Å². The molecule has 8 heteroatoms. The molecule has 1 amide bonds. The van der Waals surface area contributed by atoms with E-state index in [0.717, 1.165) is 60.3 Å². The molecular weight excluding hydrogens is 414 g/mol. The van der Waals surface area contributed by atoms with Gasteiger partial charge in [0.25, 0.3) is 0 Å². The van der Waals surface area contributed by atoms with Gasteiger partial charge < -0.3 is 19.2 Å². The van der Waals surface area contributed by atoms with Gasteiger partial charge in [-0.1, -0.05) is 28.9 Å². The summed E-state index contributed by atoms with van der Waals surface area (Å²) in [4.78, 5) is 23.0. The van der Waals surface area contributed by atoms with Crippen molar-refractivity contribution < 1.29 is 9.32 Å². The molecule has 6 rings (SSSR count). The fourth-order valence-corrected chi connectivity index (χ4v) is 5.28. The molecule has 0 aliphatic carbocycles. The second-order valence-electron chi connectivity index (χ2n) is 8.88. The van der Waals surface area contributed by atoms with E-state index in [1.807, 2.05) is 36.5 Å². The Labute approximate surface area is 185 Å². The number of fused-ring (bicyclic) bond motifs is 3. The van der Waals surface area contributed by atoms with Crippen LogP contribution in [0.15, 0.2) is 47.1 Å². The number of anilines is 2. The fourth-order valence-electron chi connectivity index (χ4n) is 5.08. The maximum absolute atomic E-state index is 12.2. The Bertz CT molecular complexity index is 1160. The molecule has 0 bridgehead atoms. The second kappa shape index (κ2) is 6.72. The first-order chi connectivity index (χ1) is 15.0. The second-order valence-corrected chi connectivity index (χ2v) is 9.32. The maximum Gasteiger partial charge on any atom is 0.220 e. The Morgan fingerprint density at radius 2 is 1.90 bits per heavy atom. The molecule has 2 saturated heterocycles. The third-order valence-corrected chi connectivity index (χ3v) is 6.84. The normalized spacial score (nSPS) is 18.7. The van der Waals surface area contributed by atoms with Crippen LogP contribution in [0.5, 0.6) is 0 Å². The number of nitrogens with zero attached hydrogens (tertiary/aromatic N) is 5. The summed E-state index contributed by atoms with van der Waals surface area (Å²) in [6.45, 7) is 6.39. The van der Waals surface area contributed by atoms with Gasteiger partial charge in [-0.3, -0.25) is 4.79 Å². The maximum atomic E-state index is 12.2. The van der Waals surface area contributed by atoms with Gasteiger partial charge in [0.15, 0.2) is 11.6 Å². The van der Waals surface area contributed by atoms with Gasteiger partial charge in [-0.2, -0.15) is 0 Å². The molecule has 3 aliphatic rings. The molecule has 5 heterocycles. The summed E-state index contributed by atoms with van der Waals surface area (Å²) in [5, 5.41) is 5.09. The van der Waals surface area contributed by atoms with E-state index in [0.29, 0.717) is 18.1 Å². The molecule has 2 fully saturated rings. The SMILES string of the molecule is CC(=O)N1Cc2cc(Cl)ccc2-c2c(N3CC4(CN(c5ccccn5)C4)C3)noc2C1. The van der Waals surface area contributed by atoms with Crippen molar-refractivity contribution in [2.45, 2.75) is 20.0 Å². The van der Waals surface area contributed by atoms with Crippen molar-refractivity contribution in [3.63, 3.8) is 0 Å². The van der Waals surface area contributed by atoms with Crippen LogP contribution in [0.25, 0.3) is 11.1 Å². The molecule has 0 N–H and O–H groups in total. The van der Waals surface area contributed by atoms with Crippen molar-refractivity contribution in [1.29, 1.82) is 0 Å². The van der Waals surface area contributed by atoms with Gasteiger partial charge in [-0.15, -0.1) is 0 Å². The summed E-state index contributed by atoms with van der Waals surface area (Å²) in [6, 6.07) is 11.9. The van der Waals surface area contributed by atoms with E-state index in [2.05, 4.69) is 26.0 Å². The number of carbonyl (C=O) groups is 1. The summed E-state index contributed by atoms with van der Waals surface area (Å²) < 4.78 is 5.76. The predicted octanol–water partition coefficient (Wildman–Crippen LogP) is 3.58. The minimum Gasteiger partial charge on any atom is -0.357 e. The lowest BCUT2D eigenvalue weighted by Crippen LogP contribution is -2.72. The highest BCUT2D eigenvalue weighted by atomic mass is 35.5. The molecular formula is C23H22ClN5O2. The first kappa shape index (κ1) is 18.7. The first-order valence-corrected chi connectivity index (χ1v) is 10.8. The summed E-state index contributed by atoms with van der Waals surface area (Å²) in [7, 11) is 0. The van der Waals surface area contributed by atoms with Crippen LogP contribution >= 0.6 is 11.6 Å². The average molecular weight is 436 g/mol. The van der Waals surface area contributed by atoms with Crippen molar-refractivity contribution >= 4 is 29.1 Å². The lowest BCUT2D eigenvalue weighted by molar-refractivity contribution is -0.130. The van der Waals surface area contributed by atoms with Gasteiger partial charge in [0, 0.05) is 56.3 Å². The third-order valence-electron chi connectivity index (χ3n) is 6.60. The van der Waals surface area contributed by atoms with Crippen LogP contribution in [-0.2, 0) is 17.9 Å². The van der Waals surface area contributed by atoms with E-state index in [1.165, 1.54) is 0 Å². The van der Waals surface area contributed by atoms with Crippen LogP contribution in [0.2, 0.25) is 5.02 Å². The smallest absolute Gasteiger partial charge is 0.220 e. The van der Waals surface area contributed by atoms with Crippen molar-refractivity contribution in [1.82, 2.24) is 15.0 Å². The van der Waals surface area contributed by atoms with Gasteiger partial charge in [0.05, 0.1) is 12.1 Å². The third kappa shape index (κ3) is 2.98. The molecule has 2 aromatic heterocycles. The van der Waals surface area contributed by atoms with Crippen LogP contribution in [0.4, 0.5) is 11.6 Å². The number of benzene rings is 1. The molecule has 3 aromatic rings. The van der Waals surface area contributed by atoms with E-state index < -0.39 is 0 Å². The van der Waals surface area contributed by atoms with Gasteiger partial charge in [0.1, 0.15) is 5.82 Å². The topological polar surface area (TPSA) is 65.7 Å². The van der Waals surface area contributed by atoms with Crippen LogP contribution in [0, 0.1) is 5.41 Å². The molecule has 1 spiro atoms. The molecule has 0 saturated carbocycles. The molecule has 1 aromatic carbocycles. The highest BCUT2D eigenvalue weighted by Crippen LogP contribution is 2.47. The number of hydrogen-bond donors (Lipinski definition) is 0. The Morgan fingerprint density at radius 1 is 1.10 bits per heavy atom. The molecule has 31 heavy (non-hydrogen) atoms. The van der Waals surface area contributed by atoms with Crippen LogP contribution in [-0.4, -0.2) is 47.1 Å². The van der Waals surface area contributed by atoms with Crippen LogP contribution < -0.4 is 9.80 Å². The van der Waals surface area contributed by atoms with Crippen molar-refractivity contribution in [3.05, 3.63) is 58.9 Å². The lowest BCUT2D eigenvalue weighted by atomic mass is 9.72. The van der Waals surface area contributed by atoms with Crippen molar-refractivity contribution in [2.24, 2.45) is 5.41 Å². The average Bonchev–Trinajstić information content (AvgIpc) is 3.02. The number of hydrogen-bond acceptors (Lipinski definition) is 6. The van der Waals surface area contributed by atoms with Gasteiger partial charge in [0.2, 0.25) is 5.91 Å². The summed E-state index contributed by atoms with van der Waals surface area (Å²) >= 11 is 6.26. The fraction of sp³-hybridized carbons (Fsp3) is 0.348. The van der Waals surface area contributed by atoms with E-state index in [1.54, 1.807) is 11.8 Å². The van der Waals surface area contributed by atoms with Gasteiger partial charge in [-0.05, 0) is 35.4 Å². The molecule has 3 aliphatic heterocycles. The number of amides is 1. The van der Waals surface area contributed by atoms with Crippen LogP contribution in [0.3, 0.4) is 0 Å². The zero-order chi connectivity index (χ0) is 21.2. The van der Waals surface area contributed by atoms with E-state index >= 15 is 0 Å². The molecule has 0 unspecified atom stereocenters. The number of rotatable bonds is 2. The largest absolute Gasteiger partial charge is 0.357 e. The lowest BCUT2D eigenvalue weighted by Gasteiger charge is -2.60. The zero-order valence-corrected chi connectivity index (χ0v) is 18.0. The molecule has 0 radical (unpaired) electrons. The highest BCUT2D eigenvalue weighted by Gasteiger charge is 2.53. The standard InChI is InChI=1S/C23H22ClN5O2/c1-15(30)27-9-16-8-17(24)5-6-18(16)21-19(10-27)31-26-22(21)29-13-23(14-29)11-28(12-23)20-4-2-3-7-25-20/h2-8H,9-14H2,1H3. The number of carbonyl (C=O) groups excluding carboxylic acids is 1. The van der Waals surface area contributed by atoms with E-state index in [9.17, 15) is 4.79 Å². The first-order valence-electron chi connectivity index (χ1n) is 10.5. The van der Waals surface area contributed by atoms with Gasteiger partial charge in [-0.25, -0.2) is 4.98 Å². The Kier molecular flexibility index (Phi) is 4.05. The van der Waals surface area contributed by atoms with Crippen molar-refractivity contribution in [3.8, 4) is 11.1 Å². The van der Waals surface area contributed by atoms with E-state index in [4.69, 9.17) is 16.1 Å². The zero-order valence-electron chi connectivity index (χ0n) is 17.2. The summed E-state index contributed by atoms with van der Waals surface area (Å²) in [5.41, 5.74) is 3.34. The Morgan fingerprint density at radius 3 is 2.65 bits per heavy atom. The minimum atomic E-state index is 0.00343. The number of pyridine rings is 1. The monoisotopic (exact) mass is 435 g/mol. The molecule has 7 nitrogen and oxygen atoms in total. The minimum absolute atomic E-state index is 0.00343. The number of halogens is 1. The molecule has 0 atom stereocenters. The summed E-state index contributed by atoms with van der Waals surface area (Å²) in [5.74, 6) is 2.64. The molecule has 158 valence electrons. The number of aromatic nitrogens is 2. The van der Waals surface area contributed by atoms with Gasteiger partial charge >= 0.3 is 0 Å². The Hall–Kier alpha value is -3.06. The van der Waals surface area contributed by atoms with Crippen molar-refractivity contribution in [2.75, 3.05) is 36.0 Å². The highest BCUT2D eigenvalue weighted by molar-refractivity contribution is 6.30. The van der Waals surface area contributed by atoms with Crippen LogP contribution in [0.1, 0.15) is 18.2 Å². The summed E-state index contributed by atoms with van der Waals surface area (Å²) in [6.07, 6.45) is 1.84. The Balaban J connectivity index is 1.27. The quantitative estimate of drug-likeness (QED) is 0.613. The predicted molar refractivity (Wildman–Crippen MR) is 118 cm³/mol.